The summed E-state index contributed by atoms with van der Waals surface area (Å²) in [6.07, 6.45) is 7.59. The van der Waals surface area contributed by atoms with Crippen LogP contribution < -0.4 is 5.32 Å². The van der Waals surface area contributed by atoms with Crippen LogP contribution in [0.2, 0.25) is 0 Å². The lowest BCUT2D eigenvalue weighted by Gasteiger charge is -2.24. The normalized spacial score (nSPS) is 56.8. The molecule has 3 aliphatic carbocycles. The van der Waals surface area contributed by atoms with Crippen molar-refractivity contribution in [1.29, 1.82) is 0 Å². The Morgan fingerprint density at radius 3 is 2.47 bits per heavy atom. The molecule has 2 heteroatoms. The van der Waals surface area contributed by atoms with Crippen LogP contribution in [0.4, 0.5) is 0 Å². The molecule has 0 spiro atoms. The van der Waals surface area contributed by atoms with E-state index in [0.29, 0.717) is 0 Å². The Kier molecular flexibility index (Phi) is 2.12. The first-order chi connectivity index (χ1) is 7.43. The van der Waals surface area contributed by atoms with Gasteiger partial charge in [0.05, 0.1) is 0 Å². The Morgan fingerprint density at radius 2 is 1.80 bits per heavy atom. The van der Waals surface area contributed by atoms with E-state index in [9.17, 15) is 0 Å². The second-order valence-corrected chi connectivity index (χ2v) is 7.24. The Morgan fingerprint density at radius 1 is 1.00 bits per heavy atom. The molecule has 84 valence electrons. The molecule has 3 saturated carbocycles. The van der Waals surface area contributed by atoms with Gasteiger partial charge in [0.25, 0.3) is 0 Å². The van der Waals surface area contributed by atoms with Crippen molar-refractivity contribution in [2.24, 2.45) is 23.7 Å². The minimum Gasteiger partial charge on any atom is -0.310 e. The molecule has 4 aliphatic rings. The Hall–Kier alpha value is 0.310. The molecule has 0 aromatic carbocycles. The van der Waals surface area contributed by atoms with Crippen LogP contribution in [0.1, 0.15) is 32.1 Å². The van der Waals surface area contributed by atoms with Crippen LogP contribution in [-0.2, 0) is 0 Å². The average Bonchev–Trinajstić information content (AvgIpc) is 2.71. The third-order valence-corrected chi connectivity index (χ3v) is 6.54. The molecule has 1 N–H and O–H groups in total. The molecule has 2 bridgehead atoms. The first kappa shape index (κ1) is 9.35. The zero-order valence-electron chi connectivity index (χ0n) is 9.32. The molecule has 0 aromatic rings. The zero-order chi connectivity index (χ0) is 9.83. The number of nitrogens with one attached hydrogen (secondary N) is 1. The smallest absolute Gasteiger partial charge is 0.0161 e. The molecular formula is C13H21NS. The predicted octanol–water partition coefficient (Wildman–Crippen LogP) is 2.52. The van der Waals surface area contributed by atoms with Gasteiger partial charge in [0.2, 0.25) is 0 Å². The van der Waals surface area contributed by atoms with Gasteiger partial charge in [-0.25, -0.2) is 0 Å². The Labute approximate surface area is 96.8 Å². The molecule has 0 radical (unpaired) electrons. The van der Waals surface area contributed by atoms with Crippen LogP contribution in [0.25, 0.3) is 0 Å². The van der Waals surface area contributed by atoms with Gasteiger partial charge in [-0.15, -0.1) is 0 Å². The average molecular weight is 223 g/mol. The van der Waals surface area contributed by atoms with Gasteiger partial charge in [-0.05, 0) is 61.5 Å². The first-order valence-corrected chi connectivity index (χ1v) is 7.93. The number of hydrogen-bond acceptors (Lipinski definition) is 2. The quantitative estimate of drug-likeness (QED) is 0.772. The van der Waals surface area contributed by atoms with Crippen LogP contribution >= 0.6 is 11.8 Å². The van der Waals surface area contributed by atoms with Crippen LogP contribution in [-0.4, -0.2) is 23.6 Å². The summed E-state index contributed by atoms with van der Waals surface area (Å²) in [5.41, 5.74) is 0. The fourth-order valence-corrected chi connectivity index (χ4v) is 5.78. The van der Waals surface area contributed by atoms with E-state index in [1.807, 2.05) is 0 Å². The molecular weight excluding hydrogens is 202 g/mol. The number of thioether (sulfide) groups is 1. The Balaban J connectivity index is 1.37. The molecule has 4 rings (SSSR count). The van der Waals surface area contributed by atoms with Crippen LogP contribution in [0.3, 0.4) is 0 Å². The maximum Gasteiger partial charge on any atom is 0.0161 e. The highest BCUT2D eigenvalue weighted by atomic mass is 32.2. The number of fused-ring (bicyclic) bond motifs is 5. The van der Waals surface area contributed by atoms with E-state index in [1.165, 1.54) is 24.3 Å². The third-order valence-electron chi connectivity index (χ3n) is 5.32. The summed E-state index contributed by atoms with van der Waals surface area (Å²) in [5, 5.41) is 3.97. The molecule has 1 heterocycles. The molecule has 5 atom stereocenters. The minimum absolute atomic E-state index is 0.860. The van der Waals surface area contributed by atoms with Gasteiger partial charge < -0.3 is 5.32 Å². The van der Waals surface area contributed by atoms with Gasteiger partial charge >= 0.3 is 0 Å². The molecule has 4 fully saturated rings. The number of rotatable bonds is 2. The summed E-state index contributed by atoms with van der Waals surface area (Å²) in [4.78, 5) is 0. The summed E-state index contributed by atoms with van der Waals surface area (Å²) in [6, 6.07) is 1.82. The zero-order valence-corrected chi connectivity index (χ0v) is 10.1. The van der Waals surface area contributed by atoms with Gasteiger partial charge in [-0.1, -0.05) is 0 Å². The fraction of sp³-hybridized carbons (Fsp3) is 1.00. The summed E-state index contributed by atoms with van der Waals surface area (Å²) < 4.78 is 0. The fourth-order valence-electron chi connectivity index (χ4n) is 4.69. The van der Waals surface area contributed by atoms with Crippen LogP contribution in [0, 0.1) is 23.7 Å². The highest BCUT2D eigenvalue weighted by Crippen LogP contribution is 2.65. The van der Waals surface area contributed by atoms with Crippen molar-refractivity contribution in [3.63, 3.8) is 0 Å². The maximum atomic E-state index is 3.97. The number of hydrogen-bond donors (Lipinski definition) is 1. The lowest BCUT2D eigenvalue weighted by atomic mass is 10.0. The van der Waals surface area contributed by atoms with Crippen molar-refractivity contribution < 1.29 is 0 Å². The van der Waals surface area contributed by atoms with E-state index in [2.05, 4.69) is 17.1 Å². The van der Waals surface area contributed by atoms with Crippen molar-refractivity contribution in [2.75, 3.05) is 11.5 Å². The van der Waals surface area contributed by atoms with E-state index in [1.54, 1.807) is 19.3 Å². The summed E-state index contributed by atoms with van der Waals surface area (Å²) in [7, 11) is 0. The topological polar surface area (TPSA) is 12.0 Å². The standard InChI is InChI=1S/C13H21NS/c1-2-10(7-15-5-1)14-13-11-8-3-4-9(6-8)12(11)13/h8-14H,1-7H2. The Bertz CT molecular complexity index is 245. The van der Waals surface area contributed by atoms with E-state index in [4.69, 9.17) is 0 Å². The molecule has 15 heavy (non-hydrogen) atoms. The highest BCUT2D eigenvalue weighted by molar-refractivity contribution is 7.99. The largest absolute Gasteiger partial charge is 0.310 e. The van der Waals surface area contributed by atoms with E-state index < -0.39 is 0 Å². The van der Waals surface area contributed by atoms with Crippen molar-refractivity contribution >= 4 is 11.8 Å². The van der Waals surface area contributed by atoms with E-state index in [-0.39, 0.29) is 0 Å². The molecule has 5 unspecified atom stereocenters. The van der Waals surface area contributed by atoms with Crippen molar-refractivity contribution in [1.82, 2.24) is 5.32 Å². The third kappa shape index (κ3) is 1.40. The van der Waals surface area contributed by atoms with E-state index in [0.717, 1.165) is 35.8 Å². The van der Waals surface area contributed by atoms with Gasteiger partial charge in [0, 0.05) is 17.8 Å². The predicted molar refractivity (Wildman–Crippen MR) is 65.1 cm³/mol. The summed E-state index contributed by atoms with van der Waals surface area (Å²) in [6.45, 7) is 0. The van der Waals surface area contributed by atoms with Crippen LogP contribution in [0.15, 0.2) is 0 Å². The first-order valence-electron chi connectivity index (χ1n) is 6.77. The highest BCUT2D eigenvalue weighted by Gasteiger charge is 2.64. The maximum absolute atomic E-state index is 3.97. The lowest BCUT2D eigenvalue weighted by molar-refractivity contribution is 0.415. The summed E-state index contributed by atoms with van der Waals surface area (Å²) >= 11 is 2.16. The summed E-state index contributed by atoms with van der Waals surface area (Å²) in [5.74, 6) is 7.29. The second-order valence-electron chi connectivity index (χ2n) is 6.09. The molecule has 1 aliphatic heterocycles. The van der Waals surface area contributed by atoms with Crippen LogP contribution in [0.5, 0.6) is 0 Å². The van der Waals surface area contributed by atoms with Crippen molar-refractivity contribution in [2.45, 2.75) is 44.2 Å². The van der Waals surface area contributed by atoms with Gasteiger partial charge in [-0.3, -0.25) is 0 Å². The van der Waals surface area contributed by atoms with Crippen molar-refractivity contribution in [3.8, 4) is 0 Å². The molecule has 1 saturated heterocycles. The molecule has 1 nitrogen and oxygen atoms in total. The molecule has 0 aromatic heterocycles. The van der Waals surface area contributed by atoms with Crippen molar-refractivity contribution in [3.05, 3.63) is 0 Å². The lowest BCUT2D eigenvalue weighted by Crippen LogP contribution is -2.37. The van der Waals surface area contributed by atoms with Gasteiger partial charge in [0.1, 0.15) is 0 Å². The second kappa shape index (κ2) is 3.40. The van der Waals surface area contributed by atoms with Gasteiger partial charge in [0.15, 0.2) is 0 Å². The minimum atomic E-state index is 0.860. The SMILES string of the molecule is C1CSCC(NC2C3C4CCC(C4)C23)C1. The van der Waals surface area contributed by atoms with Gasteiger partial charge in [-0.2, -0.15) is 11.8 Å². The monoisotopic (exact) mass is 223 g/mol. The molecule has 0 amide bonds. The van der Waals surface area contributed by atoms with E-state index >= 15 is 0 Å².